The molecule has 6 nitrogen and oxygen atoms in total. The van der Waals surface area contributed by atoms with Crippen molar-refractivity contribution in [3.05, 3.63) is 24.3 Å². The summed E-state index contributed by atoms with van der Waals surface area (Å²) in [5.41, 5.74) is 0.953. The Balaban J connectivity index is 2.30. The highest BCUT2D eigenvalue weighted by Gasteiger charge is 2.10. The summed E-state index contributed by atoms with van der Waals surface area (Å²) in [4.78, 5) is 13.9. The number of nitrogens with one attached hydrogen (secondary N) is 2. The molecule has 0 aliphatic heterocycles. The molecule has 0 atom stereocenters. The van der Waals surface area contributed by atoms with Gasteiger partial charge in [0.05, 0.1) is 11.8 Å². The van der Waals surface area contributed by atoms with Crippen LogP contribution in [0.5, 0.6) is 6.01 Å². The molecule has 0 aliphatic rings. The number of hydrogen-bond donors (Lipinski definition) is 2. The molecule has 21 heavy (non-hydrogen) atoms. The standard InChI is InChI=1S/C14H19N5OS/c1-9(2)20-14-18-12(15-3)17-13(19-14)16-10-7-5-6-8-11(10)21-4/h5-9H,1-4H3,(H2,15,16,17,18,19). The molecule has 2 rings (SSSR count). The van der Waals surface area contributed by atoms with E-state index in [9.17, 15) is 0 Å². The maximum atomic E-state index is 5.54. The highest BCUT2D eigenvalue weighted by atomic mass is 32.2. The average Bonchev–Trinajstić information content (AvgIpc) is 2.46. The van der Waals surface area contributed by atoms with Crippen LogP contribution in [-0.2, 0) is 0 Å². The molecular weight excluding hydrogens is 286 g/mol. The fraction of sp³-hybridized carbons (Fsp3) is 0.357. The van der Waals surface area contributed by atoms with Crippen LogP contribution in [0.25, 0.3) is 0 Å². The van der Waals surface area contributed by atoms with Crippen molar-refractivity contribution >= 4 is 29.3 Å². The summed E-state index contributed by atoms with van der Waals surface area (Å²) in [6, 6.07) is 8.29. The second-order valence-corrected chi connectivity index (χ2v) is 5.36. The number of aromatic nitrogens is 3. The van der Waals surface area contributed by atoms with Crippen molar-refractivity contribution in [2.75, 3.05) is 23.9 Å². The first-order valence-electron chi connectivity index (χ1n) is 6.63. The van der Waals surface area contributed by atoms with E-state index in [1.54, 1.807) is 18.8 Å². The number of thioether (sulfide) groups is 1. The maximum absolute atomic E-state index is 5.54. The maximum Gasteiger partial charge on any atom is 0.323 e. The second-order valence-electron chi connectivity index (χ2n) is 4.51. The molecule has 0 fully saturated rings. The van der Waals surface area contributed by atoms with Gasteiger partial charge < -0.3 is 15.4 Å². The van der Waals surface area contributed by atoms with Crippen molar-refractivity contribution in [2.45, 2.75) is 24.8 Å². The third-order valence-electron chi connectivity index (χ3n) is 2.53. The Hall–Kier alpha value is -2.02. The molecule has 0 aliphatic carbocycles. The predicted molar refractivity (Wildman–Crippen MR) is 86.6 cm³/mol. The van der Waals surface area contributed by atoms with Gasteiger partial charge in [-0.05, 0) is 32.2 Å². The molecule has 0 unspecified atom stereocenters. The van der Waals surface area contributed by atoms with E-state index in [1.165, 1.54) is 0 Å². The van der Waals surface area contributed by atoms with E-state index in [0.29, 0.717) is 17.9 Å². The summed E-state index contributed by atoms with van der Waals surface area (Å²) < 4.78 is 5.54. The number of benzene rings is 1. The minimum absolute atomic E-state index is 0.00318. The monoisotopic (exact) mass is 305 g/mol. The van der Waals surface area contributed by atoms with Crippen LogP contribution < -0.4 is 15.4 Å². The van der Waals surface area contributed by atoms with Crippen LogP contribution in [0.3, 0.4) is 0 Å². The summed E-state index contributed by atoms with van der Waals surface area (Å²) >= 11 is 1.66. The molecule has 112 valence electrons. The summed E-state index contributed by atoms with van der Waals surface area (Å²) in [7, 11) is 1.76. The number of anilines is 3. The summed E-state index contributed by atoms with van der Waals surface area (Å²) in [5, 5.41) is 6.12. The number of rotatable bonds is 6. The first-order chi connectivity index (χ1) is 10.1. The van der Waals surface area contributed by atoms with E-state index >= 15 is 0 Å². The fourth-order valence-electron chi connectivity index (χ4n) is 1.66. The lowest BCUT2D eigenvalue weighted by molar-refractivity contribution is 0.222. The zero-order valence-corrected chi connectivity index (χ0v) is 13.4. The molecule has 0 spiro atoms. The average molecular weight is 305 g/mol. The Bertz CT molecular complexity index is 606. The van der Waals surface area contributed by atoms with Crippen LogP contribution in [0.2, 0.25) is 0 Å². The smallest absolute Gasteiger partial charge is 0.323 e. The van der Waals surface area contributed by atoms with E-state index in [-0.39, 0.29) is 6.10 Å². The Labute approximate surface area is 128 Å². The molecule has 0 saturated heterocycles. The predicted octanol–water partition coefficient (Wildman–Crippen LogP) is 3.17. The van der Waals surface area contributed by atoms with Crippen LogP contribution in [0.15, 0.2) is 29.2 Å². The van der Waals surface area contributed by atoms with E-state index in [4.69, 9.17) is 4.74 Å². The molecule has 1 aromatic carbocycles. The van der Waals surface area contributed by atoms with Crippen LogP contribution >= 0.6 is 11.8 Å². The Morgan fingerprint density at radius 3 is 2.48 bits per heavy atom. The van der Waals surface area contributed by atoms with Crippen molar-refractivity contribution in [3.63, 3.8) is 0 Å². The minimum Gasteiger partial charge on any atom is -0.461 e. The molecule has 0 bridgehead atoms. The van der Waals surface area contributed by atoms with Gasteiger partial charge in [-0.3, -0.25) is 0 Å². The Morgan fingerprint density at radius 1 is 1.10 bits per heavy atom. The van der Waals surface area contributed by atoms with Gasteiger partial charge in [-0.1, -0.05) is 12.1 Å². The van der Waals surface area contributed by atoms with Crippen LogP contribution in [0.4, 0.5) is 17.6 Å². The fourth-order valence-corrected chi connectivity index (χ4v) is 2.21. The molecule has 0 amide bonds. The lowest BCUT2D eigenvalue weighted by Gasteiger charge is -2.12. The molecule has 0 saturated carbocycles. The summed E-state index contributed by atoms with van der Waals surface area (Å²) in [6.45, 7) is 3.86. The van der Waals surface area contributed by atoms with Gasteiger partial charge in [0.1, 0.15) is 0 Å². The summed E-state index contributed by atoms with van der Waals surface area (Å²) in [6.07, 6.45) is 2.03. The normalized spacial score (nSPS) is 10.5. The molecule has 1 heterocycles. The Morgan fingerprint density at radius 2 is 1.81 bits per heavy atom. The van der Waals surface area contributed by atoms with Crippen molar-refractivity contribution in [1.82, 2.24) is 15.0 Å². The van der Waals surface area contributed by atoms with Crippen molar-refractivity contribution < 1.29 is 4.74 Å². The molecular formula is C14H19N5OS. The van der Waals surface area contributed by atoms with Crippen LogP contribution in [0, 0.1) is 0 Å². The van der Waals surface area contributed by atoms with Gasteiger partial charge in [-0.2, -0.15) is 15.0 Å². The molecule has 2 N–H and O–H groups in total. The lowest BCUT2D eigenvalue weighted by atomic mass is 10.3. The highest BCUT2D eigenvalue weighted by molar-refractivity contribution is 7.98. The largest absolute Gasteiger partial charge is 0.461 e. The molecule has 1 aromatic heterocycles. The second kappa shape index (κ2) is 7.12. The third-order valence-corrected chi connectivity index (χ3v) is 3.33. The van der Waals surface area contributed by atoms with Gasteiger partial charge in [0.15, 0.2) is 0 Å². The number of nitrogens with zero attached hydrogens (tertiary/aromatic N) is 3. The molecule has 7 heteroatoms. The first-order valence-corrected chi connectivity index (χ1v) is 7.85. The van der Waals surface area contributed by atoms with E-state index in [1.807, 2.05) is 44.4 Å². The first kappa shape index (κ1) is 15.4. The number of hydrogen-bond acceptors (Lipinski definition) is 7. The zero-order valence-electron chi connectivity index (χ0n) is 12.5. The van der Waals surface area contributed by atoms with Crippen LogP contribution in [0.1, 0.15) is 13.8 Å². The highest BCUT2D eigenvalue weighted by Crippen LogP contribution is 2.27. The zero-order chi connectivity index (χ0) is 15.2. The topological polar surface area (TPSA) is 72.0 Å². The van der Waals surface area contributed by atoms with E-state index in [0.717, 1.165) is 10.6 Å². The minimum atomic E-state index is 0.00318. The van der Waals surface area contributed by atoms with Crippen molar-refractivity contribution in [2.24, 2.45) is 0 Å². The van der Waals surface area contributed by atoms with Gasteiger partial charge in [-0.15, -0.1) is 11.8 Å². The Kier molecular flexibility index (Phi) is 5.21. The van der Waals surface area contributed by atoms with Crippen molar-refractivity contribution in [3.8, 4) is 6.01 Å². The van der Waals surface area contributed by atoms with Gasteiger partial charge in [0.25, 0.3) is 0 Å². The SMILES string of the molecule is CNc1nc(Nc2ccccc2SC)nc(OC(C)C)n1. The van der Waals surface area contributed by atoms with Gasteiger partial charge in [0.2, 0.25) is 11.9 Å². The van der Waals surface area contributed by atoms with Gasteiger partial charge in [-0.25, -0.2) is 0 Å². The third kappa shape index (κ3) is 4.22. The number of para-hydroxylation sites is 1. The molecule has 0 radical (unpaired) electrons. The van der Waals surface area contributed by atoms with Crippen LogP contribution in [-0.4, -0.2) is 34.4 Å². The molecule has 2 aromatic rings. The lowest BCUT2D eigenvalue weighted by Crippen LogP contribution is -2.12. The summed E-state index contributed by atoms with van der Waals surface area (Å²) in [5.74, 6) is 0.913. The van der Waals surface area contributed by atoms with Gasteiger partial charge >= 0.3 is 6.01 Å². The van der Waals surface area contributed by atoms with E-state index in [2.05, 4.69) is 25.6 Å². The quantitative estimate of drug-likeness (QED) is 0.794. The van der Waals surface area contributed by atoms with Gasteiger partial charge in [0, 0.05) is 11.9 Å². The van der Waals surface area contributed by atoms with E-state index < -0.39 is 0 Å². The van der Waals surface area contributed by atoms with Crippen molar-refractivity contribution in [1.29, 1.82) is 0 Å². The number of ether oxygens (including phenoxy) is 1.